The van der Waals surface area contributed by atoms with Crippen LogP contribution in [-0.4, -0.2) is 21.2 Å². The Morgan fingerprint density at radius 1 is 1.40 bits per heavy atom. The zero-order valence-electron chi connectivity index (χ0n) is 11.4. The molecule has 104 valence electrons. The summed E-state index contributed by atoms with van der Waals surface area (Å²) >= 11 is 0. The van der Waals surface area contributed by atoms with Crippen molar-refractivity contribution in [2.45, 2.75) is 31.3 Å². The van der Waals surface area contributed by atoms with Gasteiger partial charge >= 0.3 is 0 Å². The lowest BCUT2D eigenvalue weighted by Crippen LogP contribution is -2.43. The maximum absolute atomic E-state index is 12.1. The lowest BCUT2D eigenvalue weighted by Gasteiger charge is -2.20. The van der Waals surface area contributed by atoms with Gasteiger partial charge in [-0.3, -0.25) is 4.79 Å². The van der Waals surface area contributed by atoms with Gasteiger partial charge in [-0.05, 0) is 37.5 Å². The predicted octanol–water partition coefficient (Wildman–Crippen LogP) is 1.54. The van der Waals surface area contributed by atoms with Gasteiger partial charge in [-0.1, -0.05) is 18.2 Å². The van der Waals surface area contributed by atoms with Crippen LogP contribution in [0, 0.1) is 0 Å². The summed E-state index contributed by atoms with van der Waals surface area (Å²) in [6.45, 7) is 1.96. The van der Waals surface area contributed by atoms with Crippen LogP contribution in [-0.2, 0) is 4.79 Å². The third-order valence-corrected chi connectivity index (χ3v) is 3.74. The summed E-state index contributed by atoms with van der Waals surface area (Å²) < 4.78 is 1.80. The van der Waals surface area contributed by atoms with Crippen LogP contribution in [0.5, 0.6) is 0 Å². The number of carbonyl (C=O) groups is 1. The Balaban J connectivity index is 1.84. The van der Waals surface area contributed by atoms with Crippen LogP contribution in [0.3, 0.4) is 0 Å². The lowest BCUT2D eigenvalue weighted by molar-refractivity contribution is -0.123. The van der Waals surface area contributed by atoms with Gasteiger partial charge in [0.05, 0.1) is 17.3 Å². The normalized spacial score (nSPS) is 17.5. The van der Waals surface area contributed by atoms with E-state index in [9.17, 15) is 4.79 Å². The van der Waals surface area contributed by atoms with Crippen molar-refractivity contribution >= 4 is 5.91 Å². The molecule has 1 atom stereocenters. The maximum Gasteiger partial charge on any atom is 0.240 e. The van der Waals surface area contributed by atoms with Crippen LogP contribution < -0.4 is 11.1 Å². The number of nitrogens with zero attached hydrogens (tertiary/aromatic N) is 2. The molecule has 1 aliphatic rings. The van der Waals surface area contributed by atoms with Crippen molar-refractivity contribution in [2.75, 3.05) is 0 Å². The monoisotopic (exact) mass is 270 g/mol. The molecule has 0 aliphatic heterocycles. The van der Waals surface area contributed by atoms with Gasteiger partial charge in [-0.25, -0.2) is 4.68 Å². The van der Waals surface area contributed by atoms with Crippen molar-refractivity contribution in [1.82, 2.24) is 15.1 Å². The fraction of sp³-hybridized carbons (Fsp3) is 0.333. The molecule has 1 unspecified atom stereocenters. The Labute approximate surface area is 117 Å². The minimum Gasteiger partial charge on any atom is -0.348 e. The topological polar surface area (TPSA) is 72.9 Å². The third kappa shape index (κ3) is 2.32. The molecule has 1 fully saturated rings. The molecule has 2 aromatic rings. The number of hydrogen-bond donors (Lipinski definition) is 2. The van der Waals surface area contributed by atoms with E-state index in [2.05, 4.69) is 10.4 Å². The van der Waals surface area contributed by atoms with Gasteiger partial charge in [0.2, 0.25) is 5.91 Å². The van der Waals surface area contributed by atoms with E-state index >= 15 is 0 Å². The molecule has 5 heteroatoms. The van der Waals surface area contributed by atoms with E-state index in [1.54, 1.807) is 10.9 Å². The van der Waals surface area contributed by atoms with Crippen molar-refractivity contribution in [3.63, 3.8) is 0 Å². The summed E-state index contributed by atoms with van der Waals surface area (Å²) in [4.78, 5) is 12.1. The number of rotatable bonds is 4. The number of hydrogen-bond acceptors (Lipinski definition) is 3. The largest absolute Gasteiger partial charge is 0.348 e. The molecule has 1 aromatic heterocycles. The average molecular weight is 270 g/mol. The van der Waals surface area contributed by atoms with E-state index in [1.807, 2.05) is 43.5 Å². The molecular weight excluding hydrogens is 252 g/mol. The summed E-state index contributed by atoms with van der Waals surface area (Å²) in [7, 11) is 0. The molecule has 5 nitrogen and oxygen atoms in total. The van der Waals surface area contributed by atoms with Crippen LogP contribution in [0.2, 0.25) is 0 Å². The van der Waals surface area contributed by atoms with Crippen molar-refractivity contribution < 1.29 is 4.79 Å². The number of amides is 1. The number of para-hydroxylation sites is 1. The van der Waals surface area contributed by atoms with Crippen molar-refractivity contribution in [1.29, 1.82) is 0 Å². The van der Waals surface area contributed by atoms with Gasteiger partial charge < -0.3 is 11.1 Å². The molecule has 1 amide bonds. The van der Waals surface area contributed by atoms with E-state index in [0.29, 0.717) is 0 Å². The minimum absolute atomic E-state index is 0.0692. The molecule has 20 heavy (non-hydrogen) atoms. The standard InChI is InChI=1S/C15H18N4O/c1-11(18-14(20)15(16)7-8-15)12-5-2-3-6-13(12)19-10-4-9-17-19/h2-6,9-11H,7-8,16H2,1H3,(H,18,20). The molecule has 0 radical (unpaired) electrons. The first-order valence-electron chi connectivity index (χ1n) is 6.79. The number of benzene rings is 1. The molecular formula is C15H18N4O. The Morgan fingerprint density at radius 3 is 2.80 bits per heavy atom. The highest BCUT2D eigenvalue weighted by Crippen LogP contribution is 2.33. The first-order chi connectivity index (χ1) is 9.60. The van der Waals surface area contributed by atoms with E-state index < -0.39 is 5.54 Å². The highest BCUT2D eigenvalue weighted by Gasteiger charge is 2.46. The zero-order chi connectivity index (χ0) is 14.2. The smallest absolute Gasteiger partial charge is 0.240 e. The molecule has 1 saturated carbocycles. The zero-order valence-corrected chi connectivity index (χ0v) is 11.4. The Hall–Kier alpha value is -2.14. The maximum atomic E-state index is 12.1. The second-order valence-corrected chi connectivity index (χ2v) is 5.36. The summed E-state index contributed by atoms with van der Waals surface area (Å²) in [5.41, 5.74) is 7.26. The fourth-order valence-corrected chi connectivity index (χ4v) is 2.25. The van der Waals surface area contributed by atoms with E-state index in [-0.39, 0.29) is 11.9 Å². The number of carbonyl (C=O) groups excluding carboxylic acids is 1. The highest BCUT2D eigenvalue weighted by atomic mass is 16.2. The molecule has 3 N–H and O–H groups in total. The SMILES string of the molecule is CC(NC(=O)C1(N)CC1)c1ccccc1-n1cccn1. The molecule has 0 spiro atoms. The number of nitrogens with one attached hydrogen (secondary N) is 1. The Morgan fingerprint density at radius 2 is 2.15 bits per heavy atom. The fourth-order valence-electron chi connectivity index (χ4n) is 2.25. The first-order valence-corrected chi connectivity index (χ1v) is 6.79. The molecule has 1 heterocycles. The molecule has 0 bridgehead atoms. The summed E-state index contributed by atoms with van der Waals surface area (Å²) in [6.07, 6.45) is 5.16. The third-order valence-electron chi connectivity index (χ3n) is 3.74. The summed E-state index contributed by atoms with van der Waals surface area (Å²) in [6, 6.07) is 9.67. The van der Waals surface area contributed by atoms with Crippen LogP contribution in [0.15, 0.2) is 42.7 Å². The minimum atomic E-state index is -0.644. The van der Waals surface area contributed by atoms with E-state index in [0.717, 1.165) is 24.1 Å². The van der Waals surface area contributed by atoms with Gasteiger partial charge in [0, 0.05) is 12.4 Å². The number of nitrogens with two attached hydrogens (primary N) is 1. The van der Waals surface area contributed by atoms with Gasteiger partial charge in [-0.2, -0.15) is 5.10 Å². The van der Waals surface area contributed by atoms with Gasteiger partial charge in [0.15, 0.2) is 0 Å². The second kappa shape index (κ2) is 4.76. The lowest BCUT2D eigenvalue weighted by atomic mass is 10.1. The van der Waals surface area contributed by atoms with Crippen LogP contribution in [0.1, 0.15) is 31.4 Å². The Kier molecular flexibility index (Phi) is 3.06. The van der Waals surface area contributed by atoms with Crippen molar-refractivity contribution in [2.24, 2.45) is 5.73 Å². The summed E-state index contributed by atoms with van der Waals surface area (Å²) in [5, 5.41) is 7.24. The molecule has 1 aromatic carbocycles. The highest BCUT2D eigenvalue weighted by molar-refractivity contribution is 5.89. The quantitative estimate of drug-likeness (QED) is 0.885. The summed E-state index contributed by atoms with van der Waals surface area (Å²) in [5.74, 6) is -0.0692. The van der Waals surface area contributed by atoms with Gasteiger partial charge in [0.1, 0.15) is 0 Å². The molecule has 1 aliphatic carbocycles. The van der Waals surface area contributed by atoms with E-state index in [4.69, 9.17) is 5.73 Å². The van der Waals surface area contributed by atoms with E-state index in [1.165, 1.54) is 0 Å². The second-order valence-electron chi connectivity index (χ2n) is 5.36. The predicted molar refractivity (Wildman–Crippen MR) is 76.3 cm³/mol. The van der Waals surface area contributed by atoms with Gasteiger partial charge in [-0.15, -0.1) is 0 Å². The first kappa shape index (κ1) is 12.9. The van der Waals surface area contributed by atoms with Crippen molar-refractivity contribution in [3.05, 3.63) is 48.3 Å². The average Bonchev–Trinajstić information content (AvgIpc) is 3.00. The molecule has 0 saturated heterocycles. The van der Waals surface area contributed by atoms with Crippen LogP contribution in [0.4, 0.5) is 0 Å². The van der Waals surface area contributed by atoms with Crippen LogP contribution >= 0.6 is 0 Å². The molecule has 3 rings (SSSR count). The van der Waals surface area contributed by atoms with Crippen molar-refractivity contribution in [3.8, 4) is 5.69 Å². The van der Waals surface area contributed by atoms with Gasteiger partial charge in [0.25, 0.3) is 0 Å². The Bertz CT molecular complexity index is 617. The number of aromatic nitrogens is 2. The van der Waals surface area contributed by atoms with Crippen LogP contribution in [0.25, 0.3) is 5.69 Å².